The highest BCUT2D eigenvalue weighted by molar-refractivity contribution is 9.10. The van der Waals surface area contributed by atoms with Crippen LogP contribution in [0.4, 0.5) is 10.8 Å². The first-order valence-corrected chi connectivity index (χ1v) is 7.02. The summed E-state index contributed by atoms with van der Waals surface area (Å²) in [6.07, 6.45) is 0.282. The monoisotopic (exact) mass is 325 g/mol. The lowest BCUT2D eigenvalue weighted by Crippen LogP contribution is -2.14. The van der Waals surface area contributed by atoms with Gasteiger partial charge >= 0.3 is 0 Å². The van der Waals surface area contributed by atoms with E-state index in [0.29, 0.717) is 0 Å². The number of hydrogen-bond acceptors (Lipinski definition) is 4. The molecule has 1 aromatic carbocycles. The molecular weight excluding hydrogens is 314 g/mol. The zero-order valence-electron chi connectivity index (χ0n) is 9.74. The van der Waals surface area contributed by atoms with E-state index >= 15 is 0 Å². The molecule has 2 aromatic rings. The van der Waals surface area contributed by atoms with Gasteiger partial charge in [0.05, 0.1) is 12.1 Å². The molecule has 94 valence electrons. The van der Waals surface area contributed by atoms with Crippen molar-refractivity contribution in [1.29, 1.82) is 0 Å². The first-order valence-electron chi connectivity index (χ1n) is 5.35. The number of carbonyl (C=O) groups is 1. The molecule has 1 aromatic heterocycles. The van der Waals surface area contributed by atoms with E-state index < -0.39 is 0 Å². The van der Waals surface area contributed by atoms with Crippen molar-refractivity contribution in [3.63, 3.8) is 0 Å². The van der Waals surface area contributed by atoms with Crippen LogP contribution in [0, 0.1) is 0 Å². The Morgan fingerprint density at radius 2 is 2.33 bits per heavy atom. The molecule has 0 aliphatic heterocycles. The molecule has 0 saturated heterocycles. The Bertz CT molecular complexity index is 556. The van der Waals surface area contributed by atoms with Crippen LogP contribution in [0.2, 0.25) is 0 Å². The molecule has 0 atom stereocenters. The second-order valence-electron chi connectivity index (χ2n) is 3.63. The number of nitrogens with zero attached hydrogens (tertiary/aromatic N) is 1. The first-order chi connectivity index (χ1) is 8.67. The Morgan fingerprint density at radius 1 is 1.50 bits per heavy atom. The molecule has 1 heterocycles. The maximum Gasteiger partial charge on any atom is 0.230 e. The van der Waals surface area contributed by atoms with Crippen molar-refractivity contribution >= 4 is 44.0 Å². The molecule has 2 N–H and O–H groups in total. The minimum Gasteiger partial charge on any atom is -0.365 e. The summed E-state index contributed by atoms with van der Waals surface area (Å²) in [6.45, 7) is 0. The van der Waals surface area contributed by atoms with Crippen LogP contribution in [0.3, 0.4) is 0 Å². The third-order valence-corrected chi connectivity index (χ3v) is 3.62. The molecular formula is C12H12BrN3OS. The van der Waals surface area contributed by atoms with E-state index in [1.54, 1.807) is 0 Å². The number of carbonyl (C=O) groups excluding carboxylic acids is 1. The molecule has 4 nitrogen and oxygen atoms in total. The predicted molar refractivity (Wildman–Crippen MR) is 78.1 cm³/mol. The second kappa shape index (κ2) is 5.97. The van der Waals surface area contributed by atoms with Crippen LogP contribution in [0.5, 0.6) is 0 Å². The minimum absolute atomic E-state index is 0.0685. The number of aromatic nitrogens is 1. The van der Waals surface area contributed by atoms with E-state index in [2.05, 4.69) is 31.5 Å². The van der Waals surface area contributed by atoms with Gasteiger partial charge in [-0.05, 0) is 18.2 Å². The molecule has 0 unspecified atom stereocenters. The third-order valence-electron chi connectivity index (χ3n) is 2.22. The van der Waals surface area contributed by atoms with Gasteiger partial charge in [0.15, 0.2) is 5.13 Å². The molecule has 0 aliphatic rings. The van der Waals surface area contributed by atoms with Gasteiger partial charge in [0.2, 0.25) is 5.91 Å². The summed E-state index contributed by atoms with van der Waals surface area (Å²) in [6, 6.07) is 7.50. The van der Waals surface area contributed by atoms with Gasteiger partial charge in [0.25, 0.3) is 0 Å². The van der Waals surface area contributed by atoms with Crippen LogP contribution >= 0.6 is 27.3 Å². The number of anilines is 2. The lowest BCUT2D eigenvalue weighted by molar-refractivity contribution is -0.115. The van der Waals surface area contributed by atoms with Crippen molar-refractivity contribution in [2.45, 2.75) is 6.42 Å². The normalized spacial score (nSPS) is 10.1. The van der Waals surface area contributed by atoms with Crippen molar-refractivity contribution in [1.82, 2.24) is 4.98 Å². The van der Waals surface area contributed by atoms with Crippen LogP contribution in [0.15, 0.2) is 34.1 Å². The molecule has 0 saturated carbocycles. The fourth-order valence-corrected chi connectivity index (χ4v) is 2.51. The van der Waals surface area contributed by atoms with Gasteiger partial charge in [-0.3, -0.25) is 4.79 Å². The Morgan fingerprint density at radius 3 is 3.00 bits per heavy atom. The van der Waals surface area contributed by atoms with Gasteiger partial charge < -0.3 is 10.6 Å². The number of amides is 1. The number of hydrogen-bond donors (Lipinski definition) is 2. The van der Waals surface area contributed by atoms with Crippen molar-refractivity contribution in [2.75, 3.05) is 17.7 Å². The average molecular weight is 326 g/mol. The van der Waals surface area contributed by atoms with Crippen LogP contribution in [0.25, 0.3) is 0 Å². The molecule has 1 amide bonds. The third kappa shape index (κ3) is 3.54. The number of halogens is 1. The van der Waals surface area contributed by atoms with Crippen molar-refractivity contribution in [2.24, 2.45) is 0 Å². The van der Waals surface area contributed by atoms with Crippen LogP contribution in [0.1, 0.15) is 5.69 Å². The lowest BCUT2D eigenvalue weighted by atomic mass is 10.3. The van der Waals surface area contributed by atoms with E-state index in [0.717, 1.165) is 21.0 Å². The van der Waals surface area contributed by atoms with Gasteiger partial charge in [-0.1, -0.05) is 22.0 Å². The molecule has 18 heavy (non-hydrogen) atoms. The summed E-state index contributed by atoms with van der Waals surface area (Å²) in [5.41, 5.74) is 1.55. The quantitative estimate of drug-likeness (QED) is 0.908. The van der Waals surface area contributed by atoms with Crippen LogP contribution < -0.4 is 10.6 Å². The zero-order chi connectivity index (χ0) is 13.0. The van der Waals surface area contributed by atoms with Gasteiger partial charge in [-0.25, -0.2) is 4.98 Å². The highest BCUT2D eigenvalue weighted by Crippen LogP contribution is 2.17. The molecule has 6 heteroatoms. The zero-order valence-corrected chi connectivity index (χ0v) is 12.1. The minimum atomic E-state index is -0.0685. The molecule has 0 radical (unpaired) electrons. The summed E-state index contributed by atoms with van der Waals surface area (Å²) >= 11 is 4.85. The summed E-state index contributed by atoms with van der Waals surface area (Å²) in [7, 11) is 1.81. The Labute approximate surface area is 118 Å². The predicted octanol–water partition coefficient (Wildman–Crippen LogP) is 3.13. The van der Waals surface area contributed by atoms with Gasteiger partial charge in [0.1, 0.15) is 0 Å². The second-order valence-corrected chi connectivity index (χ2v) is 5.40. The molecule has 0 bridgehead atoms. The van der Waals surface area contributed by atoms with Crippen LogP contribution in [-0.4, -0.2) is 17.9 Å². The number of benzene rings is 1. The maximum atomic E-state index is 11.8. The number of rotatable bonds is 4. The largest absolute Gasteiger partial charge is 0.365 e. The van der Waals surface area contributed by atoms with E-state index in [-0.39, 0.29) is 12.3 Å². The summed E-state index contributed by atoms with van der Waals surface area (Å²) < 4.78 is 0.937. The van der Waals surface area contributed by atoms with Gasteiger partial charge in [0, 0.05) is 22.6 Å². The lowest BCUT2D eigenvalue weighted by Gasteiger charge is -2.04. The summed E-state index contributed by atoms with van der Waals surface area (Å²) in [4.78, 5) is 16.1. The van der Waals surface area contributed by atoms with Crippen molar-refractivity contribution < 1.29 is 4.79 Å². The molecule has 0 aliphatic carbocycles. The van der Waals surface area contributed by atoms with E-state index in [9.17, 15) is 4.79 Å². The Balaban J connectivity index is 1.96. The molecule has 0 spiro atoms. The van der Waals surface area contributed by atoms with Crippen molar-refractivity contribution in [3.8, 4) is 0 Å². The Kier molecular flexibility index (Phi) is 4.33. The average Bonchev–Trinajstić information content (AvgIpc) is 2.76. The van der Waals surface area contributed by atoms with E-state index in [1.807, 2.05) is 36.7 Å². The Hall–Kier alpha value is -1.40. The van der Waals surface area contributed by atoms with Gasteiger partial charge in [-0.2, -0.15) is 0 Å². The van der Waals surface area contributed by atoms with Crippen LogP contribution in [-0.2, 0) is 11.2 Å². The highest BCUT2D eigenvalue weighted by atomic mass is 79.9. The molecule has 2 rings (SSSR count). The topological polar surface area (TPSA) is 54.0 Å². The smallest absolute Gasteiger partial charge is 0.230 e. The number of thiazole rings is 1. The van der Waals surface area contributed by atoms with Gasteiger partial charge in [-0.15, -0.1) is 11.3 Å². The first kappa shape index (κ1) is 13.0. The van der Waals surface area contributed by atoms with E-state index in [1.165, 1.54) is 11.3 Å². The fraction of sp³-hybridized carbons (Fsp3) is 0.167. The number of nitrogens with one attached hydrogen (secondary N) is 2. The maximum absolute atomic E-state index is 11.8. The van der Waals surface area contributed by atoms with E-state index in [4.69, 9.17) is 0 Å². The van der Waals surface area contributed by atoms with Crippen molar-refractivity contribution in [3.05, 3.63) is 39.8 Å². The summed E-state index contributed by atoms with van der Waals surface area (Å²) in [5.74, 6) is -0.0685. The summed E-state index contributed by atoms with van der Waals surface area (Å²) in [5, 5.41) is 8.48. The fourth-order valence-electron chi connectivity index (χ4n) is 1.44. The molecule has 0 fully saturated rings. The SMILES string of the molecule is CNc1nc(CC(=O)Nc2cccc(Br)c2)cs1. The highest BCUT2D eigenvalue weighted by Gasteiger charge is 2.07. The standard InChI is InChI=1S/C12H12BrN3OS/c1-14-12-16-10(7-18-12)6-11(17)15-9-4-2-3-8(13)5-9/h2-5,7H,6H2,1H3,(H,14,16)(H,15,17).